The fraction of sp³-hybridized carbons (Fsp3) is 0. The number of para-hydroxylation sites is 5. The molecule has 4 heteroatoms. The average Bonchev–Trinajstić information content (AvgIpc) is 3.82. The second-order valence-corrected chi connectivity index (χ2v) is 12.1. The van der Waals surface area contributed by atoms with Crippen molar-refractivity contribution in [2.24, 2.45) is 0 Å². The van der Waals surface area contributed by atoms with E-state index in [0.717, 1.165) is 22.5 Å². The van der Waals surface area contributed by atoms with Crippen molar-refractivity contribution in [1.29, 1.82) is 0 Å². The van der Waals surface area contributed by atoms with Crippen molar-refractivity contribution in [1.82, 2.24) is 18.4 Å². The van der Waals surface area contributed by atoms with E-state index in [1.165, 1.54) is 71.0 Å². The molecule has 11 aromatic rings. The molecule has 4 heterocycles. The van der Waals surface area contributed by atoms with Crippen molar-refractivity contribution < 1.29 is 0 Å². The Bertz CT molecular complexity index is 2970. The third kappa shape index (κ3) is 2.93. The number of hydrogen-bond donors (Lipinski definition) is 0. The Labute approximate surface area is 256 Å². The summed E-state index contributed by atoms with van der Waals surface area (Å²) in [6.45, 7) is 0. The minimum atomic E-state index is 0.954. The van der Waals surface area contributed by atoms with Crippen molar-refractivity contribution in [3.63, 3.8) is 0 Å². The van der Waals surface area contributed by atoms with Crippen molar-refractivity contribution in [3.8, 4) is 16.8 Å². The molecule has 45 heavy (non-hydrogen) atoms. The van der Waals surface area contributed by atoms with Gasteiger partial charge in [-0.15, -0.1) is 0 Å². The molecule has 0 saturated carbocycles. The second-order valence-electron chi connectivity index (χ2n) is 12.1. The van der Waals surface area contributed by atoms with Gasteiger partial charge in [-0.25, -0.2) is 4.98 Å². The lowest BCUT2D eigenvalue weighted by Crippen LogP contribution is -1.95. The lowest BCUT2D eigenvalue weighted by atomic mass is 9.98. The van der Waals surface area contributed by atoms with Crippen LogP contribution in [0.3, 0.4) is 0 Å². The maximum atomic E-state index is 5.19. The minimum Gasteiger partial charge on any atom is -0.309 e. The van der Waals surface area contributed by atoms with E-state index in [9.17, 15) is 0 Å². The van der Waals surface area contributed by atoms with Crippen molar-refractivity contribution >= 4 is 76.7 Å². The molecule has 7 aromatic carbocycles. The fourth-order valence-corrected chi connectivity index (χ4v) is 7.84. The van der Waals surface area contributed by atoms with Crippen LogP contribution in [-0.4, -0.2) is 18.4 Å². The van der Waals surface area contributed by atoms with Crippen LogP contribution in [0.1, 0.15) is 0 Å². The number of nitrogens with zero attached hydrogens (tertiary/aromatic N) is 4. The fourth-order valence-electron chi connectivity index (χ4n) is 7.84. The smallest absolute Gasteiger partial charge is 0.220 e. The number of benzene rings is 7. The largest absolute Gasteiger partial charge is 0.309 e. The predicted octanol–water partition coefficient (Wildman–Crippen LogP) is 10.4. The van der Waals surface area contributed by atoms with Gasteiger partial charge in [-0.2, -0.15) is 0 Å². The summed E-state index contributed by atoms with van der Waals surface area (Å²) < 4.78 is 7.15. The summed E-state index contributed by atoms with van der Waals surface area (Å²) in [6.07, 6.45) is 0. The Morgan fingerprint density at radius 2 is 1.16 bits per heavy atom. The lowest BCUT2D eigenvalue weighted by molar-refractivity contribution is 1.18. The molecule has 4 aromatic heterocycles. The average molecular weight is 573 g/mol. The molecule has 0 atom stereocenters. The summed E-state index contributed by atoms with van der Waals surface area (Å²) in [6, 6.07) is 52.8. The SMILES string of the molecule is c1ccc(-n2c3ccccc3c3cccc(-c4cc5c6cc7ccccc7cc6n6c5c(c4)n4c5ccccc5nc46)c32)cc1. The monoisotopic (exact) mass is 572 g/mol. The molecular formula is C41H24N4. The number of aromatic nitrogens is 4. The molecule has 0 N–H and O–H groups in total. The van der Waals surface area contributed by atoms with E-state index in [-0.39, 0.29) is 0 Å². The molecule has 4 nitrogen and oxygen atoms in total. The van der Waals surface area contributed by atoms with E-state index in [1.807, 2.05) is 0 Å². The normalized spacial score (nSPS) is 12.4. The summed E-state index contributed by atoms with van der Waals surface area (Å²) in [5, 5.41) is 7.49. The lowest BCUT2D eigenvalue weighted by Gasteiger charge is -2.12. The molecule has 0 saturated heterocycles. The predicted molar refractivity (Wildman–Crippen MR) is 187 cm³/mol. The summed E-state index contributed by atoms with van der Waals surface area (Å²) in [5.74, 6) is 0.954. The molecule has 11 rings (SSSR count). The van der Waals surface area contributed by atoms with Crippen LogP contribution >= 0.6 is 0 Å². The van der Waals surface area contributed by atoms with Gasteiger partial charge in [-0.1, -0.05) is 91.0 Å². The number of imidazole rings is 2. The highest BCUT2D eigenvalue weighted by Crippen LogP contribution is 2.43. The third-order valence-corrected chi connectivity index (χ3v) is 9.71. The van der Waals surface area contributed by atoms with E-state index in [0.29, 0.717) is 0 Å². The van der Waals surface area contributed by atoms with Gasteiger partial charge in [0.25, 0.3) is 0 Å². The van der Waals surface area contributed by atoms with Gasteiger partial charge in [0.2, 0.25) is 5.78 Å². The van der Waals surface area contributed by atoms with E-state index < -0.39 is 0 Å². The van der Waals surface area contributed by atoms with Gasteiger partial charge in [-0.3, -0.25) is 8.80 Å². The molecule has 0 unspecified atom stereocenters. The summed E-state index contributed by atoms with van der Waals surface area (Å²) in [4.78, 5) is 5.19. The molecule has 0 aliphatic heterocycles. The first kappa shape index (κ1) is 23.3. The highest BCUT2D eigenvalue weighted by Gasteiger charge is 2.24. The minimum absolute atomic E-state index is 0.954. The van der Waals surface area contributed by atoms with E-state index in [1.54, 1.807) is 0 Å². The summed E-state index contributed by atoms with van der Waals surface area (Å²) >= 11 is 0. The molecular weight excluding hydrogens is 548 g/mol. The van der Waals surface area contributed by atoms with Crippen LogP contribution in [0.4, 0.5) is 0 Å². The Morgan fingerprint density at radius 3 is 2.04 bits per heavy atom. The Kier molecular flexibility index (Phi) is 4.29. The van der Waals surface area contributed by atoms with E-state index in [2.05, 4.69) is 159 Å². The molecule has 208 valence electrons. The molecule has 0 radical (unpaired) electrons. The van der Waals surface area contributed by atoms with Crippen molar-refractivity contribution in [3.05, 3.63) is 146 Å². The number of fused-ring (bicyclic) bond motifs is 12. The van der Waals surface area contributed by atoms with Crippen LogP contribution in [-0.2, 0) is 0 Å². The van der Waals surface area contributed by atoms with Gasteiger partial charge in [0.1, 0.15) is 0 Å². The Balaban J connectivity index is 1.35. The molecule has 0 spiro atoms. The molecule has 0 aliphatic carbocycles. The highest BCUT2D eigenvalue weighted by molar-refractivity contribution is 6.21. The van der Waals surface area contributed by atoms with Gasteiger partial charge in [0.05, 0.1) is 38.6 Å². The van der Waals surface area contributed by atoms with Gasteiger partial charge in [-0.05, 0) is 70.9 Å². The molecule has 0 amide bonds. The quantitative estimate of drug-likeness (QED) is 0.202. The van der Waals surface area contributed by atoms with E-state index >= 15 is 0 Å². The van der Waals surface area contributed by atoms with Crippen LogP contribution in [0.15, 0.2) is 146 Å². The van der Waals surface area contributed by atoms with Crippen LogP contribution in [0.25, 0.3) is 93.5 Å². The van der Waals surface area contributed by atoms with Gasteiger partial charge in [0.15, 0.2) is 0 Å². The maximum Gasteiger partial charge on any atom is 0.220 e. The van der Waals surface area contributed by atoms with Crippen LogP contribution in [0.2, 0.25) is 0 Å². The number of rotatable bonds is 2. The molecule has 0 fully saturated rings. The van der Waals surface area contributed by atoms with Crippen LogP contribution in [0, 0.1) is 0 Å². The highest BCUT2D eigenvalue weighted by atomic mass is 15.2. The zero-order valence-corrected chi connectivity index (χ0v) is 24.1. The van der Waals surface area contributed by atoms with Gasteiger partial charge >= 0.3 is 0 Å². The Hall–Kier alpha value is -6.13. The maximum absolute atomic E-state index is 5.19. The standard InChI is InChI=1S/C41H24N4/c1-2-13-28(14-3-1)43-35-19-8-6-15-30(35)31-17-10-16-29(39(31)43)27-22-33-32-21-25-11-4-5-12-26(25)23-37(32)45-40(33)38(24-27)44-36-20-9-7-18-34(36)42-41(44)45/h1-24H. The first-order chi connectivity index (χ1) is 22.3. The first-order valence-corrected chi connectivity index (χ1v) is 15.4. The number of hydrogen-bond acceptors (Lipinski definition) is 1. The summed E-state index contributed by atoms with van der Waals surface area (Å²) in [7, 11) is 0. The van der Waals surface area contributed by atoms with E-state index in [4.69, 9.17) is 4.98 Å². The molecule has 0 aliphatic rings. The van der Waals surface area contributed by atoms with Gasteiger partial charge in [0, 0.05) is 32.8 Å². The van der Waals surface area contributed by atoms with Crippen LogP contribution in [0.5, 0.6) is 0 Å². The first-order valence-electron chi connectivity index (χ1n) is 15.4. The van der Waals surface area contributed by atoms with Crippen molar-refractivity contribution in [2.45, 2.75) is 0 Å². The second kappa shape index (κ2) is 8.28. The molecule has 0 bridgehead atoms. The zero-order chi connectivity index (χ0) is 29.2. The van der Waals surface area contributed by atoms with Crippen LogP contribution < -0.4 is 0 Å². The Morgan fingerprint density at radius 1 is 0.422 bits per heavy atom. The topological polar surface area (TPSA) is 26.6 Å². The zero-order valence-electron chi connectivity index (χ0n) is 24.1. The summed E-state index contributed by atoms with van der Waals surface area (Å²) in [5.41, 5.74) is 11.7. The van der Waals surface area contributed by atoms with Crippen molar-refractivity contribution in [2.75, 3.05) is 0 Å². The van der Waals surface area contributed by atoms with Gasteiger partial charge < -0.3 is 4.57 Å². The third-order valence-electron chi connectivity index (χ3n) is 9.71.